The van der Waals surface area contributed by atoms with Crippen molar-refractivity contribution in [3.63, 3.8) is 0 Å². The van der Waals surface area contributed by atoms with Crippen LogP contribution in [0.5, 0.6) is 0 Å². The van der Waals surface area contributed by atoms with E-state index in [9.17, 15) is 4.79 Å². The molecule has 0 aliphatic heterocycles. The Labute approximate surface area is 116 Å². The molecule has 0 saturated heterocycles. The summed E-state index contributed by atoms with van der Waals surface area (Å²) < 4.78 is 5.04. The fourth-order valence-corrected chi connectivity index (χ4v) is 1.95. The Balaban J connectivity index is 2.00. The zero-order valence-electron chi connectivity index (χ0n) is 11.1. The molecule has 2 heterocycles. The molecule has 0 aromatic carbocycles. The van der Waals surface area contributed by atoms with Crippen LogP contribution in [0, 0.1) is 0 Å². The topological polar surface area (TPSA) is 77.9 Å². The van der Waals surface area contributed by atoms with Gasteiger partial charge in [-0.05, 0) is 25.8 Å². The van der Waals surface area contributed by atoms with Crippen LogP contribution in [0.4, 0.5) is 0 Å². The maximum atomic E-state index is 11.9. The molecule has 2 aromatic heterocycles. The fourth-order valence-electron chi connectivity index (χ4n) is 1.95. The van der Waals surface area contributed by atoms with Gasteiger partial charge in [0.15, 0.2) is 11.6 Å². The number of hydrogen-bond donors (Lipinski definition) is 0. The van der Waals surface area contributed by atoms with Gasteiger partial charge in [0.25, 0.3) is 0 Å². The first kappa shape index (κ1) is 12.7. The molecule has 0 N–H and O–H groups in total. The Hall–Kier alpha value is -2.37. The third kappa shape index (κ3) is 2.49. The molecule has 0 bridgehead atoms. The standard InChI is InChI=1S/C14H14N4O2/c1-2-20-14(19)10-8-17-13(12-15-6-3-7-16-12)18-11(10)9-4-5-9/h3,6-9H,2,4-5H2,1H3. The van der Waals surface area contributed by atoms with Gasteiger partial charge in [-0.25, -0.2) is 24.7 Å². The minimum atomic E-state index is -0.366. The van der Waals surface area contributed by atoms with Gasteiger partial charge in [-0.2, -0.15) is 0 Å². The van der Waals surface area contributed by atoms with Crippen LogP contribution < -0.4 is 0 Å². The Morgan fingerprint density at radius 2 is 2.00 bits per heavy atom. The van der Waals surface area contributed by atoms with Crippen molar-refractivity contribution in [3.05, 3.63) is 35.9 Å². The minimum absolute atomic E-state index is 0.319. The number of esters is 1. The van der Waals surface area contributed by atoms with Crippen molar-refractivity contribution < 1.29 is 9.53 Å². The maximum Gasteiger partial charge on any atom is 0.341 e. The van der Waals surface area contributed by atoms with Crippen molar-refractivity contribution >= 4 is 5.97 Å². The monoisotopic (exact) mass is 270 g/mol. The Kier molecular flexibility index (Phi) is 3.37. The van der Waals surface area contributed by atoms with E-state index in [4.69, 9.17) is 4.74 Å². The van der Waals surface area contributed by atoms with E-state index >= 15 is 0 Å². The van der Waals surface area contributed by atoms with Gasteiger partial charge in [0, 0.05) is 24.5 Å². The molecule has 0 atom stereocenters. The highest BCUT2D eigenvalue weighted by atomic mass is 16.5. The average molecular weight is 270 g/mol. The summed E-state index contributed by atoms with van der Waals surface area (Å²) in [5.41, 5.74) is 1.20. The van der Waals surface area contributed by atoms with E-state index in [-0.39, 0.29) is 5.97 Å². The van der Waals surface area contributed by atoms with Gasteiger partial charge in [0.2, 0.25) is 0 Å². The summed E-state index contributed by atoms with van der Waals surface area (Å²) in [4.78, 5) is 28.8. The lowest BCUT2D eigenvalue weighted by Crippen LogP contribution is -2.11. The number of nitrogens with zero attached hydrogens (tertiary/aromatic N) is 4. The molecule has 0 unspecified atom stereocenters. The Morgan fingerprint density at radius 1 is 1.25 bits per heavy atom. The van der Waals surface area contributed by atoms with Crippen molar-refractivity contribution in [1.29, 1.82) is 0 Å². The molecule has 3 rings (SSSR count). The van der Waals surface area contributed by atoms with Crippen molar-refractivity contribution in [1.82, 2.24) is 19.9 Å². The van der Waals surface area contributed by atoms with Crippen LogP contribution in [-0.4, -0.2) is 32.5 Å². The van der Waals surface area contributed by atoms with Gasteiger partial charge >= 0.3 is 5.97 Å². The third-order valence-electron chi connectivity index (χ3n) is 3.04. The lowest BCUT2D eigenvalue weighted by Gasteiger charge is -2.08. The molecule has 1 aliphatic rings. The molecule has 1 saturated carbocycles. The molecule has 102 valence electrons. The molecular formula is C14H14N4O2. The highest BCUT2D eigenvalue weighted by Gasteiger charge is 2.31. The first-order chi connectivity index (χ1) is 9.79. The summed E-state index contributed by atoms with van der Waals surface area (Å²) in [6.07, 6.45) is 6.88. The van der Waals surface area contributed by atoms with Crippen molar-refractivity contribution in [2.75, 3.05) is 6.61 Å². The molecule has 6 heteroatoms. The summed E-state index contributed by atoms with van der Waals surface area (Å²) in [6.45, 7) is 2.12. The Bertz CT molecular complexity index is 626. The SMILES string of the molecule is CCOC(=O)c1cnc(-c2ncccn2)nc1C1CC1. The lowest BCUT2D eigenvalue weighted by molar-refractivity contribution is 0.0524. The smallest absolute Gasteiger partial charge is 0.341 e. The second-order valence-corrected chi connectivity index (χ2v) is 4.56. The number of ether oxygens (including phenoxy) is 1. The van der Waals surface area contributed by atoms with Crippen LogP contribution in [0.25, 0.3) is 11.6 Å². The van der Waals surface area contributed by atoms with Crippen LogP contribution >= 0.6 is 0 Å². The number of carbonyl (C=O) groups excluding carboxylic acids is 1. The van der Waals surface area contributed by atoms with Gasteiger partial charge in [-0.15, -0.1) is 0 Å². The number of hydrogen-bond acceptors (Lipinski definition) is 6. The number of rotatable bonds is 4. The molecule has 0 spiro atoms. The average Bonchev–Trinajstić information content (AvgIpc) is 3.32. The van der Waals surface area contributed by atoms with Crippen LogP contribution in [0.3, 0.4) is 0 Å². The van der Waals surface area contributed by atoms with E-state index in [2.05, 4.69) is 19.9 Å². The van der Waals surface area contributed by atoms with E-state index in [1.165, 1.54) is 6.20 Å². The van der Waals surface area contributed by atoms with Gasteiger partial charge in [-0.3, -0.25) is 0 Å². The second kappa shape index (κ2) is 5.32. The van der Waals surface area contributed by atoms with Crippen LogP contribution in [-0.2, 0) is 4.74 Å². The van der Waals surface area contributed by atoms with E-state index in [1.807, 2.05) is 0 Å². The first-order valence-electron chi connectivity index (χ1n) is 6.61. The maximum absolute atomic E-state index is 11.9. The van der Waals surface area contributed by atoms with Crippen LogP contribution in [0.2, 0.25) is 0 Å². The van der Waals surface area contributed by atoms with E-state index in [0.717, 1.165) is 18.5 Å². The summed E-state index contributed by atoms with van der Waals surface area (Å²) in [6, 6.07) is 1.73. The van der Waals surface area contributed by atoms with E-state index in [1.54, 1.807) is 25.4 Å². The lowest BCUT2D eigenvalue weighted by atomic mass is 10.1. The zero-order chi connectivity index (χ0) is 13.9. The molecule has 1 aliphatic carbocycles. The third-order valence-corrected chi connectivity index (χ3v) is 3.04. The number of aromatic nitrogens is 4. The normalized spacial score (nSPS) is 14.1. The van der Waals surface area contributed by atoms with Crippen molar-refractivity contribution in [2.24, 2.45) is 0 Å². The predicted molar refractivity (Wildman–Crippen MR) is 71.0 cm³/mol. The number of carbonyl (C=O) groups is 1. The molecular weight excluding hydrogens is 256 g/mol. The highest BCUT2D eigenvalue weighted by Crippen LogP contribution is 2.41. The molecule has 1 fully saturated rings. The summed E-state index contributed by atoms with van der Waals surface area (Å²) in [5, 5.41) is 0. The van der Waals surface area contributed by atoms with Gasteiger partial charge in [0.1, 0.15) is 0 Å². The molecule has 0 radical (unpaired) electrons. The summed E-state index contributed by atoms with van der Waals surface area (Å²) >= 11 is 0. The minimum Gasteiger partial charge on any atom is -0.462 e. The van der Waals surface area contributed by atoms with Gasteiger partial charge in [-0.1, -0.05) is 0 Å². The quantitative estimate of drug-likeness (QED) is 0.790. The molecule has 20 heavy (non-hydrogen) atoms. The van der Waals surface area contributed by atoms with Gasteiger partial charge in [0.05, 0.1) is 17.9 Å². The zero-order valence-corrected chi connectivity index (χ0v) is 11.1. The predicted octanol–water partition coefficient (Wildman–Crippen LogP) is 1.99. The van der Waals surface area contributed by atoms with Crippen molar-refractivity contribution in [3.8, 4) is 11.6 Å². The van der Waals surface area contributed by atoms with Crippen LogP contribution in [0.15, 0.2) is 24.7 Å². The van der Waals surface area contributed by atoms with Crippen molar-refractivity contribution in [2.45, 2.75) is 25.7 Å². The first-order valence-corrected chi connectivity index (χ1v) is 6.61. The molecule has 2 aromatic rings. The summed E-state index contributed by atoms with van der Waals surface area (Å²) in [5.74, 6) is 0.861. The van der Waals surface area contributed by atoms with Crippen LogP contribution in [0.1, 0.15) is 41.7 Å². The van der Waals surface area contributed by atoms with Gasteiger partial charge < -0.3 is 4.74 Å². The summed E-state index contributed by atoms with van der Waals surface area (Å²) in [7, 11) is 0. The second-order valence-electron chi connectivity index (χ2n) is 4.56. The molecule has 6 nitrogen and oxygen atoms in total. The fraction of sp³-hybridized carbons (Fsp3) is 0.357. The van der Waals surface area contributed by atoms with E-state index < -0.39 is 0 Å². The molecule has 0 amide bonds. The Morgan fingerprint density at radius 3 is 2.65 bits per heavy atom. The highest BCUT2D eigenvalue weighted by molar-refractivity contribution is 5.90. The van der Waals surface area contributed by atoms with E-state index in [0.29, 0.717) is 29.7 Å². The largest absolute Gasteiger partial charge is 0.462 e.